The van der Waals surface area contributed by atoms with Gasteiger partial charge in [0.2, 0.25) is 5.91 Å². The first-order valence-electron chi connectivity index (χ1n) is 8.49. The first-order chi connectivity index (χ1) is 12.3. The van der Waals surface area contributed by atoms with Gasteiger partial charge in [-0.25, -0.2) is 13.4 Å². The molecular formula is C17H21ClN2O3S3. The molecule has 2 aromatic rings. The molecule has 0 radical (unpaired) electrons. The largest absolute Gasteiger partial charge is 0.335 e. The van der Waals surface area contributed by atoms with Crippen LogP contribution in [-0.4, -0.2) is 53.6 Å². The monoisotopic (exact) mass is 432 g/mol. The van der Waals surface area contributed by atoms with Crippen molar-refractivity contribution < 1.29 is 13.2 Å². The number of hydrogen-bond donors (Lipinski definition) is 0. The second-order valence-corrected chi connectivity index (χ2v) is 11.4. The molecule has 1 saturated heterocycles. The first-order valence-corrected chi connectivity index (χ1v) is 12.5. The number of fused-ring (bicyclic) bond motifs is 1. The summed E-state index contributed by atoms with van der Waals surface area (Å²) in [5.41, 5.74) is 0.832. The molecule has 0 unspecified atom stereocenters. The molecule has 0 N–H and O–H groups in total. The average molecular weight is 433 g/mol. The Labute approximate surface area is 167 Å². The molecule has 3 rings (SSSR count). The van der Waals surface area contributed by atoms with Crippen molar-refractivity contribution in [3.05, 3.63) is 23.2 Å². The molecule has 1 amide bonds. The Balaban J connectivity index is 1.70. The number of halogens is 1. The van der Waals surface area contributed by atoms with Gasteiger partial charge in [-0.1, -0.05) is 30.3 Å². The lowest BCUT2D eigenvalue weighted by Crippen LogP contribution is -2.47. The predicted octanol–water partition coefficient (Wildman–Crippen LogP) is 3.86. The van der Waals surface area contributed by atoms with Gasteiger partial charge in [-0.15, -0.1) is 11.3 Å². The normalized spacial score (nSPS) is 20.3. The van der Waals surface area contributed by atoms with E-state index in [1.807, 2.05) is 32.0 Å². The van der Waals surface area contributed by atoms with Gasteiger partial charge in [-0.05, 0) is 38.0 Å². The van der Waals surface area contributed by atoms with Crippen molar-refractivity contribution in [2.24, 2.45) is 0 Å². The van der Waals surface area contributed by atoms with Gasteiger partial charge in [-0.2, -0.15) is 0 Å². The number of rotatable bonds is 6. The highest BCUT2D eigenvalue weighted by atomic mass is 35.5. The molecule has 26 heavy (non-hydrogen) atoms. The van der Waals surface area contributed by atoms with E-state index < -0.39 is 9.84 Å². The van der Waals surface area contributed by atoms with E-state index in [9.17, 15) is 13.2 Å². The van der Waals surface area contributed by atoms with Gasteiger partial charge in [0.25, 0.3) is 0 Å². The zero-order chi connectivity index (χ0) is 18.9. The third-order valence-corrected chi connectivity index (χ3v) is 8.75. The minimum absolute atomic E-state index is 0.0237. The van der Waals surface area contributed by atoms with Gasteiger partial charge in [-0.3, -0.25) is 4.79 Å². The number of sulfone groups is 1. The third-order valence-electron chi connectivity index (χ3n) is 4.60. The van der Waals surface area contributed by atoms with Crippen LogP contribution in [0.3, 0.4) is 0 Å². The second kappa shape index (κ2) is 8.04. The Kier molecular flexibility index (Phi) is 6.16. The van der Waals surface area contributed by atoms with Gasteiger partial charge in [0, 0.05) is 17.1 Å². The van der Waals surface area contributed by atoms with Crippen molar-refractivity contribution in [2.45, 2.75) is 43.1 Å². The van der Waals surface area contributed by atoms with Crippen LogP contribution in [0.4, 0.5) is 0 Å². The highest BCUT2D eigenvalue weighted by Gasteiger charge is 2.36. The molecule has 2 atom stereocenters. The fourth-order valence-electron chi connectivity index (χ4n) is 3.14. The number of aromatic nitrogens is 1. The van der Waals surface area contributed by atoms with E-state index in [1.165, 1.54) is 23.1 Å². The van der Waals surface area contributed by atoms with Crippen molar-refractivity contribution in [1.82, 2.24) is 9.88 Å². The van der Waals surface area contributed by atoms with E-state index in [2.05, 4.69) is 4.98 Å². The molecular weight excluding hydrogens is 412 g/mol. The number of benzene rings is 1. The summed E-state index contributed by atoms with van der Waals surface area (Å²) in [4.78, 5) is 19.2. The summed E-state index contributed by atoms with van der Waals surface area (Å²) in [5.74, 6) is 0.481. The number of thioether (sulfide) groups is 1. The summed E-state index contributed by atoms with van der Waals surface area (Å²) in [6.07, 6.45) is 1.33. The first kappa shape index (κ1) is 19.9. The lowest BCUT2D eigenvalue weighted by atomic mass is 10.1. The van der Waals surface area contributed by atoms with Gasteiger partial charge in [0.15, 0.2) is 14.2 Å². The average Bonchev–Trinajstić information content (AvgIpc) is 3.15. The van der Waals surface area contributed by atoms with Crippen molar-refractivity contribution in [3.8, 4) is 0 Å². The molecule has 5 nitrogen and oxygen atoms in total. The number of amides is 1. The third kappa shape index (κ3) is 4.52. The molecule has 1 aliphatic rings. The van der Waals surface area contributed by atoms with Crippen LogP contribution in [0.25, 0.3) is 10.2 Å². The van der Waals surface area contributed by atoms with Gasteiger partial charge in [0.05, 0.1) is 27.5 Å². The maximum absolute atomic E-state index is 12.9. The zero-order valence-electron chi connectivity index (χ0n) is 14.6. The smallest absolute Gasteiger partial charge is 0.233 e. The van der Waals surface area contributed by atoms with Crippen LogP contribution in [-0.2, 0) is 14.6 Å². The molecule has 1 aliphatic heterocycles. The van der Waals surface area contributed by atoms with E-state index in [1.54, 1.807) is 4.90 Å². The van der Waals surface area contributed by atoms with Gasteiger partial charge in [0.1, 0.15) is 0 Å². The van der Waals surface area contributed by atoms with E-state index in [4.69, 9.17) is 11.6 Å². The number of nitrogens with zero attached hydrogens (tertiary/aromatic N) is 2. The molecule has 1 fully saturated rings. The van der Waals surface area contributed by atoms with E-state index in [0.717, 1.165) is 21.0 Å². The van der Waals surface area contributed by atoms with Crippen LogP contribution in [0.1, 0.15) is 26.7 Å². The minimum atomic E-state index is -3.03. The summed E-state index contributed by atoms with van der Waals surface area (Å²) in [6.45, 7) is 3.99. The number of hydrogen-bond acceptors (Lipinski definition) is 6. The van der Waals surface area contributed by atoms with E-state index in [-0.39, 0.29) is 35.2 Å². The SMILES string of the molecule is CC[C@H](C)N(C(=O)CSc1nc2cc(Cl)ccc2s1)[C@H]1CCS(=O)(=O)C1. The van der Waals surface area contributed by atoms with E-state index in [0.29, 0.717) is 11.4 Å². The van der Waals surface area contributed by atoms with Crippen molar-refractivity contribution in [1.29, 1.82) is 0 Å². The topological polar surface area (TPSA) is 67.3 Å². The summed E-state index contributed by atoms with van der Waals surface area (Å²) in [5, 5.41) is 0.640. The Hall–Kier alpha value is -0.830. The van der Waals surface area contributed by atoms with Gasteiger partial charge < -0.3 is 4.90 Å². The van der Waals surface area contributed by atoms with Crippen LogP contribution in [0.5, 0.6) is 0 Å². The highest BCUT2D eigenvalue weighted by molar-refractivity contribution is 8.01. The lowest BCUT2D eigenvalue weighted by Gasteiger charge is -2.33. The second-order valence-electron chi connectivity index (χ2n) is 6.50. The maximum atomic E-state index is 12.9. The lowest BCUT2D eigenvalue weighted by molar-refractivity contribution is -0.132. The van der Waals surface area contributed by atoms with Crippen LogP contribution < -0.4 is 0 Å². The fraction of sp³-hybridized carbons (Fsp3) is 0.529. The number of carbonyl (C=O) groups is 1. The summed E-state index contributed by atoms with van der Waals surface area (Å²) in [7, 11) is -3.03. The van der Waals surface area contributed by atoms with Crippen LogP contribution in [0.2, 0.25) is 5.02 Å². The van der Waals surface area contributed by atoms with Gasteiger partial charge >= 0.3 is 0 Å². The standard InChI is InChI=1S/C17H21ClN2O3S3/c1-3-11(2)20(13-6-7-26(22,23)10-13)16(21)9-24-17-19-14-8-12(18)4-5-15(14)25-17/h4-5,8,11,13H,3,6-7,9-10H2,1-2H3/t11-,13-/m0/s1. The van der Waals surface area contributed by atoms with Crippen molar-refractivity contribution in [3.63, 3.8) is 0 Å². The Morgan fingerprint density at radius 1 is 1.50 bits per heavy atom. The van der Waals surface area contributed by atoms with Crippen LogP contribution in [0.15, 0.2) is 22.5 Å². The van der Waals surface area contributed by atoms with Crippen LogP contribution >= 0.6 is 34.7 Å². The molecule has 0 spiro atoms. The maximum Gasteiger partial charge on any atom is 0.233 e. The number of thiazole rings is 1. The molecule has 0 aliphatic carbocycles. The van der Waals surface area contributed by atoms with Crippen molar-refractivity contribution >= 4 is 60.7 Å². The number of carbonyl (C=O) groups excluding carboxylic acids is 1. The Morgan fingerprint density at radius 3 is 2.92 bits per heavy atom. The highest BCUT2D eigenvalue weighted by Crippen LogP contribution is 2.32. The molecule has 0 saturated carbocycles. The minimum Gasteiger partial charge on any atom is -0.335 e. The molecule has 1 aromatic heterocycles. The Morgan fingerprint density at radius 2 is 2.27 bits per heavy atom. The quantitative estimate of drug-likeness (QED) is 0.648. The summed E-state index contributed by atoms with van der Waals surface area (Å²) < 4.78 is 25.5. The summed E-state index contributed by atoms with van der Waals surface area (Å²) >= 11 is 8.92. The molecule has 142 valence electrons. The predicted molar refractivity (Wildman–Crippen MR) is 109 cm³/mol. The Bertz CT molecular complexity index is 913. The summed E-state index contributed by atoms with van der Waals surface area (Å²) in [6, 6.07) is 5.38. The molecule has 2 heterocycles. The molecule has 1 aromatic carbocycles. The van der Waals surface area contributed by atoms with Crippen molar-refractivity contribution in [2.75, 3.05) is 17.3 Å². The molecule has 0 bridgehead atoms. The molecule has 9 heteroatoms. The van der Waals surface area contributed by atoms with E-state index >= 15 is 0 Å². The zero-order valence-corrected chi connectivity index (χ0v) is 17.8. The fourth-order valence-corrected chi connectivity index (χ4v) is 6.94. The van der Waals surface area contributed by atoms with Crippen LogP contribution in [0, 0.1) is 0 Å².